The molecule has 0 bridgehead atoms. The Labute approximate surface area is 220 Å². The molecule has 0 radical (unpaired) electrons. The van der Waals surface area contributed by atoms with Crippen molar-refractivity contribution in [2.75, 3.05) is 6.54 Å². The average Bonchev–Trinajstić information content (AvgIpc) is 2.84. The van der Waals surface area contributed by atoms with Crippen LogP contribution in [0, 0.1) is 0 Å². The fraction of sp³-hybridized carbons (Fsp3) is 0.710. The van der Waals surface area contributed by atoms with Crippen LogP contribution in [0.15, 0.2) is 30.4 Å². The Morgan fingerprint density at radius 3 is 2.14 bits per heavy atom. The van der Waals surface area contributed by atoms with E-state index in [0.29, 0.717) is 24.1 Å². The molecule has 0 saturated carbocycles. The van der Waals surface area contributed by atoms with Gasteiger partial charge in [0.15, 0.2) is 0 Å². The molecular formula is C31H53NO4. The minimum atomic E-state index is -0.699. The summed E-state index contributed by atoms with van der Waals surface area (Å²) < 4.78 is 5.37. The van der Waals surface area contributed by atoms with Gasteiger partial charge in [0.25, 0.3) is 0 Å². The summed E-state index contributed by atoms with van der Waals surface area (Å²) in [6.45, 7) is 8.80. The number of nitrogens with one attached hydrogen (secondary N) is 1. The molecular weight excluding hydrogens is 450 g/mol. The second kappa shape index (κ2) is 19.3. The van der Waals surface area contributed by atoms with Gasteiger partial charge in [-0.1, -0.05) is 76.5 Å². The van der Waals surface area contributed by atoms with Gasteiger partial charge in [0.05, 0.1) is 6.10 Å². The molecule has 36 heavy (non-hydrogen) atoms. The van der Waals surface area contributed by atoms with Crippen molar-refractivity contribution in [3.8, 4) is 5.75 Å². The third kappa shape index (κ3) is 16.8. The summed E-state index contributed by atoms with van der Waals surface area (Å²) in [5, 5.41) is 23.8. The van der Waals surface area contributed by atoms with Crippen molar-refractivity contribution in [1.82, 2.24) is 5.32 Å². The molecule has 0 aliphatic carbocycles. The summed E-state index contributed by atoms with van der Waals surface area (Å²) in [5.74, 6) is -0.170. The predicted octanol–water partition coefficient (Wildman–Crippen LogP) is 7.89. The van der Waals surface area contributed by atoms with Gasteiger partial charge in [-0.2, -0.15) is 0 Å². The van der Waals surface area contributed by atoms with Crippen molar-refractivity contribution >= 4 is 5.97 Å². The standard InChI is InChI=1S/C31H53NO4/c1-5-6-7-8-9-10-11-12-13-14-15-16-17-18-19-20-30(35)36-25-27-23-26(21-22-28(27)33)29(34)24-32-31(2,3)4/h12-13,21-23,29,32-34H,5-11,14-20,24-25H2,1-4H3. The zero-order valence-electron chi connectivity index (χ0n) is 23.5. The molecule has 0 fully saturated rings. The normalized spacial score (nSPS) is 12.8. The fourth-order valence-electron chi connectivity index (χ4n) is 4.02. The van der Waals surface area contributed by atoms with E-state index < -0.39 is 6.10 Å². The number of phenolic OH excluding ortho intramolecular Hbond substituents is 1. The van der Waals surface area contributed by atoms with Crippen LogP contribution in [0.2, 0.25) is 0 Å². The molecule has 1 rings (SSSR count). The summed E-state index contributed by atoms with van der Waals surface area (Å²) in [4.78, 5) is 12.1. The van der Waals surface area contributed by atoms with E-state index in [0.717, 1.165) is 25.7 Å². The highest BCUT2D eigenvalue weighted by atomic mass is 16.5. The number of phenols is 1. The number of carbonyl (C=O) groups is 1. The van der Waals surface area contributed by atoms with Crippen LogP contribution in [-0.2, 0) is 16.1 Å². The first kappa shape index (κ1) is 32.2. The molecule has 5 nitrogen and oxygen atoms in total. The summed E-state index contributed by atoms with van der Waals surface area (Å²) in [6, 6.07) is 4.95. The van der Waals surface area contributed by atoms with E-state index in [2.05, 4.69) is 24.4 Å². The van der Waals surface area contributed by atoms with Crippen LogP contribution < -0.4 is 5.32 Å². The highest BCUT2D eigenvalue weighted by Gasteiger charge is 2.15. The number of unbranched alkanes of at least 4 members (excludes halogenated alkanes) is 11. The monoisotopic (exact) mass is 503 g/mol. The van der Waals surface area contributed by atoms with Crippen molar-refractivity contribution in [3.63, 3.8) is 0 Å². The molecule has 0 saturated heterocycles. The summed E-state index contributed by atoms with van der Waals surface area (Å²) in [7, 11) is 0. The number of hydrogen-bond acceptors (Lipinski definition) is 5. The van der Waals surface area contributed by atoms with E-state index in [1.807, 2.05) is 20.8 Å². The van der Waals surface area contributed by atoms with E-state index in [1.165, 1.54) is 57.8 Å². The molecule has 0 aliphatic heterocycles. The molecule has 5 heteroatoms. The second-order valence-electron chi connectivity index (χ2n) is 11.0. The Bertz CT molecular complexity index is 739. The maximum atomic E-state index is 12.1. The number of benzene rings is 1. The first-order valence-electron chi connectivity index (χ1n) is 14.3. The fourth-order valence-corrected chi connectivity index (χ4v) is 4.02. The molecule has 0 amide bonds. The van der Waals surface area contributed by atoms with Crippen LogP contribution >= 0.6 is 0 Å². The van der Waals surface area contributed by atoms with E-state index in [-0.39, 0.29) is 23.9 Å². The Balaban J connectivity index is 2.12. The Morgan fingerprint density at radius 2 is 1.53 bits per heavy atom. The molecule has 1 aromatic rings. The van der Waals surface area contributed by atoms with Crippen molar-refractivity contribution in [1.29, 1.82) is 0 Å². The minimum absolute atomic E-state index is 0.0169. The first-order valence-corrected chi connectivity index (χ1v) is 14.3. The SMILES string of the molecule is CCCCCCCCC=CCCCCCCCC(=O)OCc1cc(C(O)CNC(C)(C)C)ccc1O. The Morgan fingerprint density at radius 1 is 0.944 bits per heavy atom. The molecule has 1 unspecified atom stereocenters. The van der Waals surface area contributed by atoms with E-state index in [9.17, 15) is 15.0 Å². The number of hydrogen-bond donors (Lipinski definition) is 3. The highest BCUT2D eigenvalue weighted by Crippen LogP contribution is 2.24. The summed E-state index contributed by atoms with van der Waals surface area (Å²) in [5.41, 5.74) is 1.10. The molecule has 1 atom stereocenters. The molecule has 1 aromatic carbocycles. The zero-order chi connectivity index (χ0) is 26.7. The lowest BCUT2D eigenvalue weighted by molar-refractivity contribution is -0.145. The predicted molar refractivity (Wildman–Crippen MR) is 150 cm³/mol. The average molecular weight is 504 g/mol. The van der Waals surface area contributed by atoms with Crippen LogP contribution in [0.4, 0.5) is 0 Å². The van der Waals surface area contributed by atoms with E-state index >= 15 is 0 Å². The topological polar surface area (TPSA) is 78.8 Å². The maximum Gasteiger partial charge on any atom is 0.306 e. The first-order chi connectivity index (χ1) is 17.2. The number of esters is 1. The van der Waals surface area contributed by atoms with Gasteiger partial charge in [-0.05, 0) is 70.6 Å². The number of aliphatic hydroxyl groups is 1. The Hall–Kier alpha value is -1.85. The number of aromatic hydroxyl groups is 1. The quantitative estimate of drug-likeness (QED) is 0.0957. The molecule has 3 N–H and O–H groups in total. The van der Waals surface area contributed by atoms with Gasteiger partial charge in [-0.3, -0.25) is 4.79 Å². The van der Waals surface area contributed by atoms with Crippen molar-refractivity contribution in [2.24, 2.45) is 0 Å². The van der Waals surface area contributed by atoms with Crippen LogP contribution in [0.3, 0.4) is 0 Å². The van der Waals surface area contributed by atoms with Crippen LogP contribution in [0.25, 0.3) is 0 Å². The van der Waals surface area contributed by atoms with Crippen LogP contribution in [0.1, 0.15) is 135 Å². The lowest BCUT2D eigenvalue weighted by Crippen LogP contribution is -2.38. The Kier molecular flexibility index (Phi) is 17.2. The highest BCUT2D eigenvalue weighted by molar-refractivity contribution is 5.69. The molecule has 0 aromatic heterocycles. The van der Waals surface area contributed by atoms with Gasteiger partial charge in [-0.25, -0.2) is 0 Å². The zero-order valence-corrected chi connectivity index (χ0v) is 23.5. The number of aliphatic hydroxyl groups excluding tert-OH is 1. The lowest BCUT2D eigenvalue weighted by atomic mass is 10.0. The van der Waals surface area contributed by atoms with Crippen LogP contribution in [-0.4, -0.2) is 28.3 Å². The van der Waals surface area contributed by atoms with Gasteiger partial charge in [-0.15, -0.1) is 0 Å². The van der Waals surface area contributed by atoms with Gasteiger partial charge in [0, 0.05) is 24.1 Å². The van der Waals surface area contributed by atoms with Gasteiger partial charge in [0.1, 0.15) is 12.4 Å². The van der Waals surface area contributed by atoms with Gasteiger partial charge < -0.3 is 20.3 Å². The maximum absolute atomic E-state index is 12.1. The number of rotatable bonds is 20. The molecule has 0 heterocycles. The number of ether oxygens (including phenoxy) is 1. The smallest absolute Gasteiger partial charge is 0.306 e. The molecule has 206 valence electrons. The van der Waals surface area contributed by atoms with Crippen molar-refractivity contribution in [2.45, 2.75) is 136 Å². The van der Waals surface area contributed by atoms with Crippen LogP contribution in [0.5, 0.6) is 5.75 Å². The van der Waals surface area contributed by atoms with E-state index in [1.54, 1.807) is 18.2 Å². The third-order valence-corrected chi connectivity index (χ3v) is 6.35. The minimum Gasteiger partial charge on any atom is -0.508 e. The second-order valence-corrected chi connectivity index (χ2v) is 11.0. The number of allylic oxidation sites excluding steroid dienone is 2. The summed E-state index contributed by atoms with van der Waals surface area (Å²) in [6.07, 6.45) is 20.3. The van der Waals surface area contributed by atoms with E-state index in [4.69, 9.17) is 4.74 Å². The largest absolute Gasteiger partial charge is 0.508 e. The lowest BCUT2D eigenvalue weighted by Gasteiger charge is -2.23. The third-order valence-electron chi connectivity index (χ3n) is 6.35. The number of β-amino-alcohol motifs (C(OH)–C–C–N with tert-alkyl or cyclic N) is 1. The molecule has 0 aliphatic rings. The van der Waals surface area contributed by atoms with Gasteiger partial charge >= 0.3 is 5.97 Å². The van der Waals surface area contributed by atoms with Gasteiger partial charge in [0.2, 0.25) is 0 Å². The van der Waals surface area contributed by atoms with Crippen molar-refractivity contribution < 1.29 is 19.7 Å². The summed E-state index contributed by atoms with van der Waals surface area (Å²) >= 11 is 0. The number of carbonyl (C=O) groups excluding carboxylic acids is 1. The molecule has 0 spiro atoms. The van der Waals surface area contributed by atoms with Crippen molar-refractivity contribution in [3.05, 3.63) is 41.5 Å².